The number of hydrogen-bond acceptors (Lipinski definition) is 5. The molecule has 0 spiro atoms. The van der Waals surface area contributed by atoms with Gasteiger partial charge in [0.2, 0.25) is 11.8 Å². The molecule has 9 heteroatoms. The number of pyridine rings is 1. The summed E-state index contributed by atoms with van der Waals surface area (Å²) in [5.41, 5.74) is 8.99. The third kappa shape index (κ3) is 6.16. The Labute approximate surface area is 208 Å². The first kappa shape index (κ1) is 24.2. The molecule has 0 saturated carbocycles. The fourth-order valence-corrected chi connectivity index (χ4v) is 4.12. The second-order valence-electron chi connectivity index (χ2n) is 8.31. The molecule has 3 N–H and O–H groups in total. The number of nitrogens with zero attached hydrogens (tertiary/aromatic N) is 2. The molecule has 2 heterocycles. The van der Waals surface area contributed by atoms with Crippen LogP contribution in [-0.4, -0.2) is 39.9 Å². The van der Waals surface area contributed by atoms with Crippen molar-refractivity contribution >= 4 is 29.5 Å². The van der Waals surface area contributed by atoms with Crippen LogP contribution in [0.1, 0.15) is 22.3 Å². The normalized spacial score (nSPS) is 15.6. The van der Waals surface area contributed by atoms with Crippen LogP contribution in [0.4, 0.5) is 4.79 Å². The number of ether oxygens (including phenoxy) is 1. The Hall–Kier alpha value is -3.91. The van der Waals surface area contributed by atoms with Gasteiger partial charge in [-0.25, -0.2) is 9.78 Å². The predicted octanol–water partition coefficient (Wildman–Crippen LogP) is 3.01. The standard InChI is InChI=1S/C26H25ClN4O4/c27-23-11-10-18(14-29-23)12-21(24(28)32)30-25(33)22-13-19-8-4-5-9-20(19)15-31(22)26(34)35-16-17-6-2-1-3-7-17/h1-11,14,21-22H,12-13,15-16H2,(H2,28,32)(H,30,33)/t21-,22+/m1/s1. The number of nitrogens with two attached hydrogens (primary N) is 1. The number of rotatable bonds is 7. The molecular formula is C26H25ClN4O4. The van der Waals surface area contributed by atoms with E-state index in [-0.39, 0.29) is 26.0 Å². The molecule has 3 amide bonds. The summed E-state index contributed by atoms with van der Waals surface area (Å²) < 4.78 is 5.52. The van der Waals surface area contributed by atoms with Gasteiger partial charge in [0, 0.05) is 19.0 Å². The average molecular weight is 493 g/mol. The highest BCUT2D eigenvalue weighted by molar-refractivity contribution is 6.29. The zero-order valence-corrected chi connectivity index (χ0v) is 19.6. The summed E-state index contributed by atoms with van der Waals surface area (Å²) in [6.07, 6.45) is 1.35. The van der Waals surface area contributed by atoms with Gasteiger partial charge in [0.25, 0.3) is 0 Å². The smallest absolute Gasteiger partial charge is 0.411 e. The number of hydrogen-bond donors (Lipinski definition) is 2. The fourth-order valence-electron chi connectivity index (χ4n) is 4.00. The second kappa shape index (κ2) is 11.0. The van der Waals surface area contributed by atoms with E-state index in [1.807, 2.05) is 54.6 Å². The Balaban J connectivity index is 1.51. The van der Waals surface area contributed by atoms with Gasteiger partial charge in [0.05, 0.1) is 6.54 Å². The van der Waals surface area contributed by atoms with Crippen molar-refractivity contribution in [3.05, 3.63) is 100 Å². The number of amides is 3. The molecule has 0 radical (unpaired) electrons. The first-order valence-electron chi connectivity index (χ1n) is 11.1. The summed E-state index contributed by atoms with van der Waals surface area (Å²) >= 11 is 5.83. The van der Waals surface area contributed by atoms with E-state index < -0.39 is 30.0 Å². The maximum absolute atomic E-state index is 13.4. The summed E-state index contributed by atoms with van der Waals surface area (Å²) in [5.74, 6) is -1.18. The molecule has 0 saturated heterocycles. The summed E-state index contributed by atoms with van der Waals surface area (Å²) in [7, 11) is 0. The Morgan fingerprint density at radius 3 is 2.43 bits per heavy atom. The van der Waals surface area contributed by atoms with Crippen LogP contribution in [0.5, 0.6) is 0 Å². The van der Waals surface area contributed by atoms with Crippen molar-refractivity contribution in [2.45, 2.75) is 38.1 Å². The van der Waals surface area contributed by atoms with Crippen LogP contribution >= 0.6 is 11.6 Å². The minimum absolute atomic E-state index is 0.0830. The molecule has 3 aromatic rings. The number of benzene rings is 2. The highest BCUT2D eigenvalue weighted by atomic mass is 35.5. The lowest BCUT2D eigenvalue weighted by molar-refractivity contribution is -0.131. The number of aromatic nitrogens is 1. The molecule has 2 atom stereocenters. The van der Waals surface area contributed by atoms with Crippen molar-refractivity contribution in [1.29, 1.82) is 0 Å². The van der Waals surface area contributed by atoms with Gasteiger partial charge in [0.1, 0.15) is 23.8 Å². The van der Waals surface area contributed by atoms with Crippen LogP contribution in [-0.2, 0) is 40.3 Å². The number of primary amides is 1. The molecule has 35 heavy (non-hydrogen) atoms. The van der Waals surface area contributed by atoms with Gasteiger partial charge in [-0.15, -0.1) is 0 Å². The zero-order chi connectivity index (χ0) is 24.8. The van der Waals surface area contributed by atoms with E-state index in [1.54, 1.807) is 12.1 Å². The highest BCUT2D eigenvalue weighted by Gasteiger charge is 2.37. The lowest BCUT2D eigenvalue weighted by Crippen LogP contribution is -2.56. The molecule has 0 fully saturated rings. The Morgan fingerprint density at radius 2 is 1.74 bits per heavy atom. The third-order valence-electron chi connectivity index (χ3n) is 5.88. The molecule has 2 aromatic carbocycles. The number of halogens is 1. The van der Waals surface area contributed by atoms with E-state index in [2.05, 4.69) is 10.3 Å². The van der Waals surface area contributed by atoms with Crippen LogP contribution in [0.15, 0.2) is 72.9 Å². The van der Waals surface area contributed by atoms with E-state index in [1.165, 1.54) is 11.1 Å². The van der Waals surface area contributed by atoms with Gasteiger partial charge in [-0.05, 0) is 28.3 Å². The fraction of sp³-hybridized carbons (Fsp3) is 0.231. The quantitative estimate of drug-likeness (QED) is 0.492. The lowest BCUT2D eigenvalue weighted by Gasteiger charge is -2.35. The Morgan fingerprint density at radius 1 is 1.03 bits per heavy atom. The van der Waals surface area contributed by atoms with Crippen LogP contribution in [0.3, 0.4) is 0 Å². The molecule has 180 valence electrons. The zero-order valence-electron chi connectivity index (χ0n) is 18.9. The predicted molar refractivity (Wildman–Crippen MR) is 130 cm³/mol. The van der Waals surface area contributed by atoms with Gasteiger partial charge in [0.15, 0.2) is 0 Å². The Bertz CT molecular complexity index is 1200. The van der Waals surface area contributed by atoms with E-state index in [4.69, 9.17) is 22.1 Å². The van der Waals surface area contributed by atoms with Crippen LogP contribution in [0, 0.1) is 0 Å². The van der Waals surface area contributed by atoms with Crippen molar-refractivity contribution < 1.29 is 19.1 Å². The maximum Gasteiger partial charge on any atom is 0.411 e. The van der Waals surface area contributed by atoms with E-state index in [0.29, 0.717) is 10.7 Å². The molecule has 0 aliphatic carbocycles. The number of nitrogens with one attached hydrogen (secondary N) is 1. The van der Waals surface area contributed by atoms with Crippen LogP contribution in [0.2, 0.25) is 5.15 Å². The molecule has 0 bridgehead atoms. The van der Waals surface area contributed by atoms with Crippen molar-refractivity contribution in [3.8, 4) is 0 Å². The van der Waals surface area contributed by atoms with Gasteiger partial charge < -0.3 is 15.8 Å². The molecule has 1 aromatic heterocycles. The van der Waals surface area contributed by atoms with Crippen molar-refractivity contribution in [2.24, 2.45) is 5.73 Å². The minimum Gasteiger partial charge on any atom is -0.445 e. The summed E-state index contributed by atoms with van der Waals surface area (Å²) in [4.78, 5) is 43.9. The van der Waals surface area contributed by atoms with Crippen molar-refractivity contribution in [1.82, 2.24) is 15.2 Å². The van der Waals surface area contributed by atoms with E-state index in [9.17, 15) is 14.4 Å². The van der Waals surface area contributed by atoms with Crippen molar-refractivity contribution in [3.63, 3.8) is 0 Å². The summed E-state index contributed by atoms with van der Waals surface area (Å²) in [6, 6.07) is 18.4. The first-order valence-corrected chi connectivity index (χ1v) is 11.5. The number of fused-ring (bicyclic) bond motifs is 1. The topological polar surface area (TPSA) is 115 Å². The maximum atomic E-state index is 13.4. The first-order chi connectivity index (χ1) is 16.9. The van der Waals surface area contributed by atoms with E-state index in [0.717, 1.165) is 16.7 Å². The molecule has 4 rings (SSSR count). The third-order valence-corrected chi connectivity index (χ3v) is 6.10. The molecular weight excluding hydrogens is 468 g/mol. The number of carbonyl (C=O) groups is 3. The van der Waals surface area contributed by atoms with Gasteiger partial charge in [-0.1, -0.05) is 72.3 Å². The van der Waals surface area contributed by atoms with Gasteiger partial charge in [-0.2, -0.15) is 0 Å². The molecule has 1 aliphatic rings. The minimum atomic E-state index is -0.982. The molecule has 0 unspecified atom stereocenters. The molecule has 8 nitrogen and oxygen atoms in total. The van der Waals surface area contributed by atoms with Crippen LogP contribution in [0.25, 0.3) is 0 Å². The van der Waals surface area contributed by atoms with Gasteiger partial charge in [-0.3, -0.25) is 14.5 Å². The van der Waals surface area contributed by atoms with E-state index >= 15 is 0 Å². The number of carbonyl (C=O) groups excluding carboxylic acids is 3. The summed E-state index contributed by atoms with van der Waals surface area (Å²) in [6.45, 7) is 0.295. The van der Waals surface area contributed by atoms with Crippen LogP contribution < -0.4 is 11.1 Å². The second-order valence-corrected chi connectivity index (χ2v) is 8.70. The Kier molecular flexibility index (Phi) is 7.62. The van der Waals surface area contributed by atoms with Gasteiger partial charge >= 0.3 is 6.09 Å². The lowest BCUT2D eigenvalue weighted by atomic mass is 9.93. The monoisotopic (exact) mass is 492 g/mol. The average Bonchev–Trinajstić information content (AvgIpc) is 2.87. The highest BCUT2D eigenvalue weighted by Crippen LogP contribution is 2.25. The summed E-state index contributed by atoms with van der Waals surface area (Å²) in [5, 5.41) is 3.03. The molecule has 1 aliphatic heterocycles. The SMILES string of the molecule is NC(=O)[C@@H](Cc1ccc(Cl)nc1)NC(=O)[C@@H]1Cc2ccccc2CN1C(=O)OCc1ccccc1. The largest absolute Gasteiger partial charge is 0.445 e. The van der Waals surface area contributed by atoms with Crippen molar-refractivity contribution in [2.75, 3.05) is 0 Å².